The van der Waals surface area contributed by atoms with E-state index >= 15 is 0 Å². The van der Waals surface area contributed by atoms with Crippen LogP contribution in [0.25, 0.3) is 11.1 Å². The average Bonchev–Trinajstić information content (AvgIpc) is 3.26. The number of halogens is 1. The minimum Gasteiger partial charge on any atom is -0.475 e. The minimum atomic E-state index is -3.83. The van der Waals surface area contributed by atoms with Crippen LogP contribution >= 0.6 is 0 Å². The van der Waals surface area contributed by atoms with Crippen molar-refractivity contribution in [2.75, 3.05) is 6.61 Å². The van der Waals surface area contributed by atoms with Crippen molar-refractivity contribution in [1.82, 2.24) is 14.8 Å². The van der Waals surface area contributed by atoms with Gasteiger partial charge < -0.3 is 4.74 Å². The van der Waals surface area contributed by atoms with Gasteiger partial charge in [0, 0.05) is 18.5 Å². The molecule has 0 amide bonds. The Bertz CT molecular complexity index is 1300. The quantitative estimate of drug-likeness (QED) is 0.536. The summed E-state index contributed by atoms with van der Waals surface area (Å²) in [5.41, 5.74) is 2.90. The molecule has 0 spiro atoms. The van der Waals surface area contributed by atoms with Gasteiger partial charge in [-0.25, -0.2) is 22.9 Å². The fraction of sp³-hybridized carbons (Fsp3) is 0.348. The molecular weight excluding hydrogens is 463 g/mol. The monoisotopic (exact) mass is 490 g/mol. The standard InChI is InChI=1S/C22H27FN4O3S.CO2/c1-14(2)19-9-17(23)10-20(15(19)3)16-6-7-25-21(8-16)30-13-22(4,5)27-12-18(11-26-27)31(24,28)29;2-1-3/h6-12,14H,13H2,1-5H3,(H2,24,28,29);. The van der Waals surface area contributed by atoms with Crippen molar-refractivity contribution in [1.29, 1.82) is 0 Å². The van der Waals surface area contributed by atoms with E-state index in [0.29, 0.717) is 5.88 Å². The smallest absolute Gasteiger partial charge is 0.373 e. The molecule has 9 nitrogen and oxygen atoms in total. The number of nitrogens with two attached hydrogens (primary N) is 1. The highest BCUT2D eigenvalue weighted by molar-refractivity contribution is 7.89. The molecule has 0 fully saturated rings. The van der Waals surface area contributed by atoms with Gasteiger partial charge in [-0.3, -0.25) is 4.68 Å². The lowest BCUT2D eigenvalue weighted by atomic mass is 9.91. The first kappa shape index (κ1) is 26.8. The average molecular weight is 491 g/mol. The van der Waals surface area contributed by atoms with E-state index in [1.54, 1.807) is 18.3 Å². The Morgan fingerprint density at radius 1 is 1.24 bits per heavy atom. The van der Waals surface area contributed by atoms with Gasteiger partial charge in [0.15, 0.2) is 0 Å². The van der Waals surface area contributed by atoms with Gasteiger partial charge in [0.2, 0.25) is 15.9 Å². The molecular formula is C23H27FN4O5S. The number of hydrogen-bond donors (Lipinski definition) is 1. The van der Waals surface area contributed by atoms with Gasteiger partial charge in [-0.05, 0) is 67.1 Å². The topological polar surface area (TPSA) is 134 Å². The molecule has 0 saturated heterocycles. The van der Waals surface area contributed by atoms with Crippen LogP contribution in [-0.4, -0.2) is 35.9 Å². The van der Waals surface area contributed by atoms with E-state index in [-0.39, 0.29) is 29.4 Å². The first-order valence-electron chi connectivity index (χ1n) is 10.3. The summed E-state index contributed by atoms with van der Waals surface area (Å²) in [5, 5.41) is 9.25. The summed E-state index contributed by atoms with van der Waals surface area (Å²) in [6.07, 6.45) is 4.44. The predicted octanol–water partition coefficient (Wildman–Crippen LogP) is 3.39. The van der Waals surface area contributed by atoms with Gasteiger partial charge in [-0.2, -0.15) is 14.7 Å². The molecule has 11 heteroatoms. The van der Waals surface area contributed by atoms with Gasteiger partial charge in [-0.1, -0.05) is 13.8 Å². The molecule has 182 valence electrons. The first-order valence-corrected chi connectivity index (χ1v) is 11.8. The van der Waals surface area contributed by atoms with Crippen molar-refractivity contribution in [2.45, 2.75) is 51.0 Å². The van der Waals surface area contributed by atoms with Crippen LogP contribution in [0.15, 0.2) is 47.8 Å². The van der Waals surface area contributed by atoms with Crippen molar-refractivity contribution in [2.24, 2.45) is 5.14 Å². The maximum atomic E-state index is 14.2. The predicted molar refractivity (Wildman–Crippen MR) is 122 cm³/mol. The molecule has 0 saturated carbocycles. The number of carbonyl (C=O) groups excluding carboxylic acids is 2. The van der Waals surface area contributed by atoms with E-state index in [1.165, 1.54) is 23.1 Å². The van der Waals surface area contributed by atoms with Gasteiger partial charge in [0.05, 0.1) is 11.7 Å². The van der Waals surface area contributed by atoms with Crippen molar-refractivity contribution in [3.63, 3.8) is 0 Å². The summed E-state index contributed by atoms with van der Waals surface area (Å²) >= 11 is 0. The van der Waals surface area contributed by atoms with E-state index in [4.69, 9.17) is 19.5 Å². The minimum absolute atomic E-state index is 0.0665. The van der Waals surface area contributed by atoms with Gasteiger partial charge in [0.1, 0.15) is 17.3 Å². The number of benzene rings is 1. The van der Waals surface area contributed by atoms with Crippen LogP contribution < -0.4 is 9.88 Å². The third-order valence-corrected chi connectivity index (χ3v) is 6.03. The number of sulfonamides is 1. The third kappa shape index (κ3) is 6.57. The summed E-state index contributed by atoms with van der Waals surface area (Å²) in [5.74, 6) is 0.289. The maximum Gasteiger partial charge on any atom is 0.373 e. The molecule has 0 aliphatic heterocycles. The zero-order chi connectivity index (χ0) is 25.7. The van der Waals surface area contributed by atoms with Gasteiger partial charge >= 0.3 is 6.15 Å². The molecule has 0 aliphatic carbocycles. The fourth-order valence-corrected chi connectivity index (χ4v) is 3.80. The summed E-state index contributed by atoms with van der Waals surface area (Å²) in [7, 11) is -3.83. The summed E-state index contributed by atoms with van der Waals surface area (Å²) in [4.78, 5) is 20.4. The molecule has 2 aromatic heterocycles. The molecule has 0 unspecified atom stereocenters. The zero-order valence-electron chi connectivity index (χ0n) is 19.6. The molecule has 34 heavy (non-hydrogen) atoms. The Morgan fingerprint density at radius 2 is 1.88 bits per heavy atom. The molecule has 0 aliphatic rings. The van der Waals surface area contributed by atoms with Crippen molar-refractivity contribution >= 4 is 16.2 Å². The zero-order valence-corrected chi connectivity index (χ0v) is 20.4. The molecule has 2 N–H and O–H groups in total. The first-order chi connectivity index (χ1) is 15.8. The third-order valence-electron chi connectivity index (χ3n) is 5.16. The fourth-order valence-electron chi connectivity index (χ4n) is 3.36. The Balaban J connectivity index is 0.00000129. The highest BCUT2D eigenvalue weighted by Crippen LogP contribution is 2.32. The summed E-state index contributed by atoms with van der Waals surface area (Å²) < 4.78 is 44.6. The number of primary sulfonamides is 1. The molecule has 3 aromatic rings. The van der Waals surface area contributed by atoms with Crippen molar-refractivity contribution in [3.8, 4) is 17.0 Å². The molecule has 0 radical (unpaired) electrons. The highest BCUT2D eigenvalue weighted by atomic mass is 32.2. The van der Waals surface area contributed by atoms with E-state index in [1.807, 2.05) is 40.7 Å². The van der Waals surface area contributed by atoms with Gasteiger partial charge in [-0.15, -0.1) is 0 Å². The van der Waals surface area contributed by atoms with E-state index in [0.717, 1.165) is 22.3 Å². The van der Waals surface area contributed by atoms with Gasteiger partial charge in [0.25, 0.3) is 0 Å². The lowest BCUT2D eigenvalue weighted by molar-refractivity contribution is -0.191. The van der Waals surface area contributed by atoms with E-state index in [2.05, 4.69) is 10.1 Å². The number of aromatic nitrogens is 3. The van der Waals surface area contributed by atoms with E-state index in [9.17, 15) is 12.8 Å². The van der Waals surface area contributed by atoms with Crippen LogP contribution in [0.2, 0.25) is 0 Å². The number of pyridine rings is 1. The number of hydrogen-bond acceptors (Lipinski definition) is 7. The van der Waals surface area contributed by atoms with Crippen LogP contribution in [0.4, 0.5) is 4.39 Å². The van der Waals surface area contributed by atoms with Crippen LogP contribution in [-0.2, 0) is 25.2 Å². The van der Waals surface area contributed by atoms with Crippen LogP contribution in [0.3, 0.4) is 0 Å². The Morgan fingerprint density at radius 3 is 2.44 bits per heavy atom. The lowest BCUT2D eigenvalue weighted by Crippen LogP contribution is -2.34. The second-order valence-corrected chi connectivity index (χ2v) is 10.1. The maximum absolute atomic E-state index is 14.2. The summed E-state index contributed by atoms with van der Waals surface area (Å²) in [6, 6.07) is 6.67. The molecule has 3 rings (SSSR count). The molecule has 0 atom stereocenters. The Labute approximate surface area is 197 Å². The summed E-state index contributed by atoms with van der Waals surface area (Å²) in [6.45, 7) is 9.92. The Hall–Kier alpha value is -3.40. The van der Waals surface area contributed by atoms with Crippen LogP contribution in [0.5, 0.6) is 5.88 Å². The second-order valence-electron chi connectivity index (χ2n) is 8.56. The largest absolute Gasteiger partial charge is 0.475 e. The second kappa shape index (κ2) is 10.7. The van der Waals surface area contributed by atoms with Crippen LogP contribution in [0, 0.1) is 12.7 Å². The number of nitrogens with zero attached hydrogens (tertiary/aromatic N) is 3. The normalized spacial score (nSPS) is 11.5. The SMILES string of the molecule is Cc1c(-c2ccnc(OCC(C)(C)n3cc(S(N)(=O)=O)cn3)c2)cc(F)cc1C(C)C.O=C=O. The van der Waals surface area contributed by atoms with Crippen molar-refractivity contribution in [3.05, 3.63) is 59.8 Å². The molecule has 0 bridgehead atoms. The van der Waals surface area contributed by atoms with Crippen molar-refractivity contribution < 1.29 is 27.1 Å². The number of ether oxygens (including phenoxy) is 1. The molecule has 2 heterocycles. The Kier molecular flexibility index (Phi) is 8.44. The number of rotatable bonds is 7. The van der Waals surface area contributed by atoms with E-state index < -0.39 is 15.6 Å². The lowest BCUT2D eigenvalue weighted by Gasteiger charge is -2.25. The molecule has 1 aromatic carbocycles. The highest BCUT2D eigenvalue weighted by Gasteiger charge is 2.25. The van der Waals surface area contributed by atoms with Crippen LogP contribution in [0.1, 0.15) is 44.7 Å².